The Morgan fingerprint density at radius 2 is 1.64 bits per heavy atom. The van der Waals surface area contributed by atoms with E-state index in [1.807, 2.05) is 24.3 Å². The van der Waals surface area contributed by atoms with Crippen LogP contribution < -0.4 is 20.1 Å². The van der Waals surface area contributed by atoms with Crippen molar-refractivity contribution in [3.63, 3.8) is 0 Å². The predicted octanol–water partition coefficient (Wildman–Crippen LogP) is 3.88. The zero-order valence-electron chi connectivity index (χ0n) is 15.2. The number of carbonyl (C=O) groups is 1. The number of hydrogen-bond donors (Lipinski definition) is 2. The van der Waals surface area contributed by atoms with Gasteiger partial charge in [-0.3, -0.25) is 4.79 Å². The summed E-state index contributed by atoms with van der Waals surface area (Å²) in [4.78, 5) is 20.5. The third kappa shape index (κ3) is 5.59. The Morgan fingerprint density at radius 1 is 1.00 bits per heavy atom. The van der Waals surface area contributed by atoms with E-state index in [-0.39, 0.29) is 5.91 Å². The molecule has 0 radical (unpaired) electrons. The van der Waals surface area contributed by atoms with Gasteiger partial charge in [0, 0.05) is 23.1 Å². The second kappa shape index (κ2) is 9.57. The first kappa shape index (κ1) is 19.4. The highest BCUT2D eigenvalue weighted by Gasteiger charge is 2.08. The lowest BCUT2D eigenvalue weighted by Crippen LogP contribution is -2.15. The van der Waals surface area contributed by atoms with Crippen molar-refractivity contribution < 1.29 is 14.3 Å². The Morgan fingerprint density at radius 3 is 2.29 bits per heavy atom. The number of hydrogen-bond acceptors (Lipinski definition) is 6. The van der Waals surface area contributed by atoms with Gasteiger partial charge >= 0.3 is 0 Å². The number of benzene rings is 2. The standard InChI is InChI=1S/C20H19ClN4O3/c1-27-17-6-8-18(9-7-17)28-11-10-22-20-23-12-14(13-24-20)19(26)25-16-4-2-15(21)3-5-16/h2-9,12-13H,10-11H2,1H3,(H,25,26)(H,22,23,24). The average Bonchev–Trinajstić information content (AvgIpc) is 2.73. The van der Waals surface area contributed by atoms with Gasteiger partial charge in [0.25, 0.3) is 5.91 Å². The molecule has 0 aliphatic rings. The maximum Gasteiger partial charge on any atom is 0.258 e. The molecular formula is C20H19ClN4O3. The molecule has 2 aromatic carbocycles. The van der Waals surface area contributed by atoms with Gasteiger partial charge in [0.15, 0.2) is 0 Å². The van der Waals surface area contributed by atoms with Crippen LogP contribution in [-0.4, -0.2) is 36.1 Å². The van der Waals surface area contributed by atoms with Crippen molar-refractivity contribution in [2.75, 3.05) is 30.9 Å². The second-order valence-corrected chi connectivity index (χ2v) is 6.14. The van der Waals surface area contributed by atoms with Gasteiger partial charge in [0.2, 0.25) is 5.95 Å². The first-order valence-corrected chi connectivity index (χ1v) is 8.91. The first-order valence-electron chi connectivity index (χ1n) is 8.54. The number of amides is 1. The van der Waals surface area contributed by atoms with E-state index < -0.39 is 0 Å². The molecule has 0 saturated heterocycles. The number of rotatable bonds is 8. The third-order valence-corrected chi connectivity index (χ3v) is 3.98. The van der Waals surface area contributed by atoms with Gasteiger partial charge in [-0.05, 0) is 48.5 Å². The molecule has 1 aromatic heterocycles. The fraction of sp³-hybridized carbons (Fsp3) is 0.150. The number of anilines is 2. The zero-order chi connectivity index (χ0) is 19.8. The van der Waals surface area contributed by atoms with Crippen LogP contribution in [0.15, 0.2) is 60.9 Å². The van der Waals surface area contributed by atoms with Gasteiger partial charge in [-0.1, -0.05) is 11.6 Å². The van der Waals surface area contributed by atoms with Gasteiger partial charge in [0.1, 0.15) is 18.1 Å². The van der Waals surface area contributed by atoms with Crippen molar-refractivity contribution in [1.82, 2.24) is 9.97 Å². The molecule has 144 valence electrons. The molecule has 3 aromatic rings. The summed E-state index contributed by atoms with van der Waals surface area (Å²) in [7, 11) is 1.62. The van der Waals surface area contributed by atoms with Crippen molar-refractivity contribution in [3.8, 4) is 11.5 Å². The van der Waals surface area contributed by atoms with E-state index in [1.165, 1.54) is 12.4 Å². The highest BCUT2D eigenvalue weighted by atomic mass is 35.5. The summed E-state index contributed by atoms with van der Waals surface area (Å²) in [6.07, 6.45) is 2.93. The molecule has 0 unspecified atom stereocenters. The Kier molecular flexibility index (Phi) is 6.64. The summed E-state index contributed by atoms with van der Waals surface area (Å²) in [6, 6.07) is 14.2. The number of aromatic nitrogens is 2. The maximum absolute atomic E-state index is 12.2. The van der Waals surface area contributed by atoms with Crippen LogP contribution in [0.2, 0.25) is 5.02 Å². The number of halogens is 1. The van der Waals surface area contributed by atoms with E-state index in [0.29, 0.717) is 35.4 Å². The highest BCUT2D eigenvalue weighted by molar-refractivity contribution is 6.30. The predicted molar refractivity (Wildman–Crippen MR) is 108 cm³/mol. The second-order valence-electron chi connectivity index (χ2n) is 5.71. The van der Waals surface area contributed by atoms with Crippen LogP contribution in [0.3, 0.4) is 0 Å². The van der Waals surface area contributed by atoms with Crippen LogP contribution in [0, 0.1) is 0 Å². The summed E-state index contributed by atoms with van der Waals surface area (Å²) in [5, 5.41) is 6.40. The first-order chi connectivity index (χ1) is 13.6. The third-order valence-electron chi connectivity index (χ3n) is 3.73. The molecule has 0 spiro atoms. The topological polar surface area (TPSA) is 85.4 Å². The molecule has 1 heterocycles. The summed E-state index contributed by atoms with van der Waals surface area (Å²) in [5.41, 5.74) is 1.00. The molecule has 7 nitrogen and oxygen atoms in total. The summed E-state index contributed by atoms with van der Waals surface area (Å²) in [5.74, 6) is 1.65. The van der Waals surface area contributed by atoms with Gasteiger partial charge in [-0.25, -0.2) is 9.97 Å². The molecule has 0 aliphatic heterocycles. The lowest BCUT2D eigenvalue weighted by atomic mass is 10.3. The molecule has 0 saturated carbocycles. The highest BCUT2D eigenvalue weighted by Crippen LogP contribution is 2.17. The van der Waals surface area contributed by atoms with E-state index in [9.17, 15) is 4.79 Å². The van der Waals surface area contributed by atoms with Crippen molar-refractivity contribution >= 4 is 29.1 Å². The fourth-order valence-electron chi connectivity index (χ4n) is 2.28. The van der Waals surface area contributed by atoms with Crippen molar-refractivity contribution in [2.45, 2.75) is 0 Å². The average molecular weight is 399 g/mol. The van der Waals surface area contributed by atoms with Crippen molar-refractivity contribution in [3.05, 3.63) is 71.5 Å². The van der Waals surface area contributed by atoms with E-state index in [1.54, 1.807) is 31.4 Å². The molecular weight excluding hydrogens is 380 g/mol. The Hall–Kier alpha value is -3.32. The molecule has 0 fully saturated rings. The minimum Gasteiger partial charge on any atom is -0.497 e. The van der Waals surface area contributed by atoms with E-state index in [2.05, 4.69) is 20.6 Å². The van der Waals surface area contributed by atoms with Crippen LogP contribution in [0.5, 0.6) is 11.5 Å². The SMILES string of the molecule is COc1ccc(OCCNc2ncc(C(=O)Nc3ccc(Cl)cc3)cn2)cc1. The normalized spacial score (nSPS) is 10.2. The lowest BCUT2D eigenvalue weighted by Gasteiger charge is -2.09. The van der Waals surface area contributed by atoms with Crippen LogP contribution in [0.4, 0.5) is 11.6 Å². The monoisotopic (exact) mass is 398 g/mol. The molecule has 0 atom stereocenters. The van der Waals surface area contributed by atoms with E-state index in [4.69, 9.17) is 21.1 Å². The number of nitrogens with zero attached hydrogens (tertiary/aromatic N) is 2. The number of ether oxygens (including phenoxy) is 2. The van der Waals surface area contributed by atoms with Crippen LogP contribution in [0.1, 0.15) is 10.4 Å². The van der Waals surface area contributed by atoms with Crippen molar-refractivity contribution in [1.29, 1.82) is 0 Å². The van der Waals surface area contributed by atoms with Gasteiger partial charge < -0.3 is 20.1 Å². The van der Waals surface area contributed by atoms with Crippen LogP contribution in [0.25, 0.3) is 0 Å². The molecule has 2 N–H and O–H groups in total. The molecule has 8 heteroatoms. The van der Waals surface area contributed by atoms with E-state index >= 15 is 0 Å². The zero-order valence-corrected chi connectivity index (χ0v) is 15.9. The summed E-state index contributed by atoms with van der Waals surface area (Å²) in [6.45, 7) is 0.955. The van der Waals surface area contributed by atoms with E-state index in [0.717, 1.165) is 11.5 Å². The Bertz CT molecular complexity index is 900. The van der Waals surface area contributed by atoms with Crippen LogP contribution >= 0.6 is 11.6 Å². The minimum atomic E-state index is -0.295. The van der Waals surface area contributed by atoms with Gasteiger partial charge in [-0.15, -0.1) is 0 Å². The van der Waals surface area contributed by atoms with Crippen molar-refractivity contribution in [2.24, 2.45) is 0 Å². The lowest BCUT2D eigenvalue weighted by molar-refractivity contribution is 0.102. The molecule has 1 amide bonds. The van der Waals surface area contributed by atoms with Crippen LogP contribution in [-0.2, 0) is 0 Å². The molecule has 0 bridgehead atoms. The largest absolute Gasteiger partial charge is 0.497 e. The Labute approximate surface area is 167 Å². The maximum atomic E-state index is 12.2. The van der Waals surface area contributed by atoms with Gasteiger partial charge in [-0.2, -0.15) is 0 Å². The number of methoxy groups -OCH3 is 1. The Balaban J connectivity index is 1.44. The fourth-order valence-corrected chi connectivity index (χ4v) is 2.40. The molecule has 0 aliphatic carbocycles. The van der Waals surface area contributed by atoms with Gasteiger partial charge in [0.05, 0.1) is 19.2 Å². The number of carbonyl (C=O) groups excluding carboxylic acids is 1. The number of nitrogens with one attached hydrogen (secondary N) is 2. The summed E-state index contributed by atoms with van der Waals surface area (Å²) < 4.78 is 10.7. The smallest absolute Gasteiger partial charge is 0.258 e. The molecule has 28 heavy (non-hydrogen) atoms. The molecule has 3 rings (SSSR count). The summed E-state index contributed by atoms with van der Waals surface area (Å²) >= 11 is 5.83. The quantitative estimate of drug-likeness (QED) is 0.560. The minimum absolute atomic E-state index is 0.295.